The number of aromatic amines is 1. The number of rotatable bonds is 7. The summed E-state index contributed by atoms with van der Waals surface area (Å²) < 4.78 is 1.26. The number of nitrogens with one attached hydrogen (secondary N) is 2. The lowest BCUT2D eigenvalue weighted by Crippen LogP contribution is -2.35. The molecule has 1 aromatic heterocycles. The Bertz CT molecular complexity index is 744. The summed E-state index contributed by atoms with van der Waals surface area (Å²) in [4.78, 5) is 27.0. The van der Waals surface area contributed by atoms with E-state index in [0.717, 1.165) is 31.4 Å². The maximum atomic E-state index is 12.1. The summed E-state index contributed by atoms with van der Waals surface area (Å²) in [5, 5.41) is 3.11. The number of unbranched alkanes of at least 4 members (excludes halogenated alkanes) is 2. The van der Waals surface area contributed by atoms with Crippen LogP contribution in [0.4, 0.5) is 11.5 Å². The van der Waals surface area contributed by atoms with Crippen LogP contribution in [0.2, 0.25) is 0 Å². The van der Waals surface area contributed by atoms with E-state index in [0.29, 0.717) is 12.4 Å². The molecule has 2 N–H and O–H groups in total. The zero-order valence-electron chi connectivity index (χ0n) is 16.1. The van der Waals surface area contributed by atoms with Crippen molar-refractivity contribution >= 4 is 11.5 Å². The predicted molar refractivity (Wildman–Crippen MR) is 106 cm³/mol. The van der Waals surface area contributed by atoms with Crippen LogP contribution in [0, 0.1) is 6.92 Å². The van der Waals surface area contributed by atoms with Gasteiger partial charge in [0.15, 0.2) is 0 Å². The van der Waals surface area contributed by atoms with Crippen molar-refractivity contribution in [3.05, 3.63) is 56.2 Å². The van der Waals surface area contributed by atoms with E-state index < -0.39 is 0 Å². The van der Waals surface area contributed by atoms with Gasteiger partial charge in [0.05, 0.1) is 0 Å². The Hall–Kier alpha value is -2.30. The number of aromatic nitrogens is 2. The first-order valence-corrected chi connectivity index (χ1v) is 9.25. The third-order valence-electron chi connectivity index (χ3n) is 4.01. The van der Waals surface area contributed by atoms with Crippen molar-refractivity contribution in [1.82, 2.24) is 9.55 Å². The van der Waals surface area contributed by atoms with E-state index in [1.807, 2.05) is 32.0 Å². The molecule has 0 aliphatic carbocycles. The van der Waals surface area contributed by atoms with Crippen LogP contribution in [-0.2, 0) is 13.0 Å². The lowest BCUT2D eigenvalue weighted by Gasteiger charge is -2.11. The molecule has 2 aromatic rings. The minimum absolute atomic E-state index is 0.268. The van der Waals surface area contributed by atoms with Gasteiger partial charge < -0.3 is 5.32 Å². The Labute approximate surface area is 150 Å². The Morgan fingerprint density at radius 2 is 1.80 bits per heavy atom. The lowest BCUT2D eigenvalue weighted by atomic mass is 10.1. The Morgan fingerprint density at radius 3 is 2.40 bits per heavy atom. The van der Waals surface area contributed by atoms with Crippen LogP contribution in [0.3, 0.4) is 0 Å². The second-order valence-corrected chi connectivity index (χ2v) is 5.80. The Kier molecular flexibility index (Phi) is 8.75. The normalized spacial score (nSPS) is 10.1. The Morgan fingerprint density at radius 1 is 1.08 bits per heavy atom. The van der Waals surface area contributed by atoms with Crippen LogP contribution in [0.1, 0.15) is 58.1 Å². The van der Waals surface area contributed by atoms with Gasteiger partial charge in [0, 0.05) is 18.3 Å². The van der Waals surface area contributed by atoms with E-state index in [4.69, 9.17) is 0 Å². The minimum Gasteiger partial charge on any atom is -0.342 e. The molecule has 2 rings (SSSR count). The Balaban J connectivity index is 0.00000151. The predicted octanol–water partition coefficient (Wildman–Crippen LogP) is 4.37. The first-order chi connectivity index (χ1) is 12.0. The maximum absolute atomic E-state index is 12.1. The number of H-pyrrole nitrogens is 1. The summed E-state index contributed by atoms with van der Waals surface area (Å²) in [5.41, 5.74) is 2.71. The SMILES string of the molecule is CC.CCCCCn1c(=O)cc(Nc2ccc(C)c(CC)c2)[nH]c1=O. The van der Waals surface area contributed by atoms with Crippen LogP contribution in [0.5, 0.6) is 0 Å². The third-order valence-corrected chi connectivity index (χ3v) is 4.01. The summed E-state index contributed by atoms with van der Waals surface area (Å²) in [6.45, 7) is 10.7. The zero-order chi connectivity index (χ0) is 18.8. The molecule has 0 radical (unpaired) electrons. The van der Waals surface area contributed by atoms with Crippen molar-refractivity contribution in [1.29, 1.82) is 0 Å². The summed E-state index contributed by atoms with van der Waals surface area (Å²) >= 11 is 0. The van der Waals surface area contributed by atoms with Crippen molar-refractivity contribution in [2.24, 2.45) is 0 Å². The van der Waals surface area contributed by atoms with Gasteiger partial charge >= 0.3 is 5.69 Å². The van der Waals surface area contributed by atoms with Gasteiger partial charge in [-0.3, -0.25) is 14.3 Å². The highest BCUT2D eigenvalue weighted by atomic mass is 16.2. The highest BCUT2D eigenvalue weighted by molar-refractivity contribution is 5.57. The molecule has 25 heavy (non-hydrogen) atoms. The highest BCUT2D eigenvalue weighted by Gasteiger charge is 2.05. The van der Waals surface area contributed by atoms with Crippen LogP contribution in [0.25, 0.3) is 0 Å². The highest BCUT2D eigenvalue weighted by Crippen LogP contribution is 2.18. The topological polar surface area (TPSA) is 66.9 Å². The molecule has 0 aliphatic heterocycles. The number of nitrogens with zero attached hydrogens (tertiary/aromatic N) is 1. The fraction of sp³-hybridized carbons (Fsp3) is 0.500. The van der Waals surface area contributed by atoms with Gasteiger partial charge in [-0.25, -0.2) is 4.79 Å². The van der Waals surface area contributed by atoms with Crippen molar-refractivity contribution in [2.75, 3.05) is 5.32 Å². The first kappa shape index (κ1) is 20.7. The van der Waals surface area contributed by atoms with E-state index in [9.17, 15) is 9.59 Å². The number of benzene rings is 1. The van der Waals surface area contributed by atoms with Gasteiger partial charge in [-0.15, -0.1) is 0 Å². The molecule has 0 bridgehead atoms. The van der Waals surface area contributed by atoms with Crippen molar-refractivity contribution < 1.29 is 0 Å². The first-order valence-electron chi connectivity index (χ1n) is 9.25. The van der Waals surface area contributed by atoms with Gasteiger partial charge in [0.1, 0.15) is 5.82 Å². The van der Waals surface area contributed by atoms with Crippen molar-refractivity contribution in [3.8, 4) is 0 Å². The standard InChI is InChI=1S/C18H25N3O2.C2H6/c1-4-6-7-10-21-17(22)12-16(20-18(21)23)19-15-9-8-13(3)14(5-2)11-15;1-2/h8-9,11-12,19H,4-7,10H2,1-3H3,(H,20,23);1-2H3. The maximum Gasteiger partial charge on any atom is 0.329 e. The van der Waals surface area contributed by atoms with Crippen LogP contribution < -0.4 is 16.6 Å². The quantitative estimate of drug-likeness (QED) is 0.732. The monoisotopic (exact) mass is 345 g/mol. The van der Waals surface area contributed by atoms with E-state index in [1.54, 1.807) is 0 Å². The number of hydrogen-bond donors (Lipinski definition) is 2. The van der Waals surface area contributed by atoms with Crippen LogP contribution >= 0.6 is 0 Å². The molecule has 0 unspecified atom stereocenters. The molecule has 1 aromatic carbocycles. The van der Waals surface area contributed by atoms with Crippen molar-refractivity contribution in [2.45, 2.75) is 66.8 Å². The smallest absolute Gasteiger partial charge is 0.329 e. The summed E-state index contributed by atoms with van der Waals surface area (Å²) in [5.74, 6) is 0.428. The molecule has 138 valence electrons. The molecular formula is C20H31N3O2. The van der Waals surface area contributed by atoms with E-state index in [1.165, 1.54) is 21.8 Å². The molecule has 5 nitrogen and oxygen atoms in total. The van der Waals surface area contributed by atoms with Crippen LogP contribution in [0.15, 0.2) is 33.9 Å². The van der Waals surface area contributed by atoms with E-state index >= 15 is 0 Å². The van der Waals surface area contributed by atoms with Gasteiger partial charge in [-0.05, 0) is 43.0 Å². The lowest BCUT2D eigenvalue weighted by molar-refractivity contribution is 0.564. The largest absolute Gasteiger partial charge is 0.342 e. The zero-order valence-corrected chi connectivity index (χ0v) is 16.1. The number of anilines is 2. The third kappa shape index (κ3) is 5.93. The molecule has 0 amide bonds. The minimum atomic E-state index is -0.362. The summed E-state index contributed by atoms with van der Waals surface area (Å²) in [6, 6.07) is 7.46. The molecular weight excluding hydrogens is 314 g/mol. The average molecular weight is 345 g/mol. The summed E-state index contributed by atoms with van der Waals surface area (Å²) in [7, 11) is 0. The van der Waals surface area contributed by atoms with Gasteiger partial charge in [-0.2, -0.15) is 0 Å². The average Bonchev–Trinajstić information content (AvgIpc) is 2.61. The molecule has 5 heteroatoms. The van der Waals surface area contributed by atoms with Gasteiger partial charge in [0.25, 0.3) is 5.56 Å². The van der Waals surface area contributed by atoms with Crippen LogP contribution in [-0.4, -0.2) is 9.55 Å². The summed E-state index contributed by atoms with van der Waals surface area (Å²) in [6.07, 6.45) is 3.84. The molecule has 0 saturated carbocycles. The molecule has 0 aliphatic rings. The fourth-order valence-electron chi connectivity index (χ4n) is 2.60. The number of aryl methyl sites for hydroxylation is 2. The molecule has 1 heterocycles. The molecule has 0 fully saturated rings. The fourth-order valence-corrected chi connectivity index (χ4v) is 2.60. The van der Waals surface area contributed by atoms with Gasteiger partial charge in [0.2, 0.25) is 0 Å². The van der Waals surface area contributed by atoms with E-state index in [2.05, 4.69) is 31.1 Å². The number of hydrogen-bond acceptors (Lipinski definition) is 3. The van der Waals surface area contributed by atoms with E-state index in [-0.39, 0.29) is 11.2 Å². The van der Waals surface area contributed by atoms with Crippen molar-refractivity contribution in [3.63, 3.8) is 0 Å². The molecule has 0 saturated heterocycles. The van der Waals surface area contributed by atoms with Gasteiger partial charge in [-0.1, -0.05) is 46.6 Å². The molecule has 0 spiro atoms. The second kappa shape index (κ2) is 10.5. The molecule has 0 atom stereocenters. The second-order valence-electron chi connectivity index (χ2n) is 5.80.